The molecule has 0 spiro atoms. The van der Waals surface area contributed by atoms with Gasteiger partial charge in [-0.15, -0.1) is 0 Å². The van der Waals surface area contributed by atoms with Crippen LogP contribution in [0.1, 0.15) is 47.4 Å². The average Bonchev–Trinajstić information content (AvgIpc) is 2.67. The Morgan fingerprint density at radius 1 is 0.815 bits per heavy atom. The molecule has 0 bridgehead atoms. The first-order chi connectivity index (χ1) is 13.0. The van der Waals surface area contributed by atoms with Crippen LogP contribution in [0.3, 0.4) is 0 Å². The maximum absolute atomic E-state index is 12.1. The molecule has 2 rings (SSSR count). The van der Waals surface area contributed by atoms with E-state index in [9.17, 15) is 14.4 Å². The van der Waals surface area contributed by atoms with Gasteiger partial charge < -0.3 is 10.1 Å². The van der Waals surface area contributed by atoms with Crippen molar-refractivity contribution in [3.63, 3.8) is 0 Å². The van der Waals surface area contributed by atoms with Crippen molar-refractivity contribution in [1.29, 1.82) is 0 Å². The zero-order chi connectivity index (χ0) is 19.6. The first-order valence-corrected chi connectivity index (χ1v) is 8.77. The quantitative estimate of drug-likeness (QED) is 0.654. The Hall–Kier alpha value is -3.35. The summed E-state index contributed by atoms with van der Waals surface area (Å²) in [6.07, 6.45) is 1.21. The first-order valence-electron chi connectivity index (χ1n) is 8.77. The van der Waals surface area contributed by atoms with Crippen LogP contribution in [0, 0.1) is 0 Å². The fraction of sp³-hybridized carbons (Fsp3) is 0.250. The number of carbonyl (C=O) groups excluding carboxylic acids is 3. The molecule has 0 saturated heterocycles. The molecule has 7 nitrogen and oxygen atoms in total. The van der Waals surface area contributed by atoms with Crippen LogP contribution in [0.25, 0.3) is 0 Å². The van der Waals surface area contributed by atoms with Crippen LogP contribution in [0.4, 0.5) is 5.69 Å². The fourth-order valence-corrected chi connectivity index (χ4v) is 2.28. The third kappa shape index (κ3) is 6.14. The SMILES string of the molecule is CCCC(=O)Nc1ccc(C(=O)NNC(=O)c2ccc(OCC)cc2)cc1. The molecule has 7 heteroatoms. The van der Waals surface area contributed by atoms with Crippen molar-refractivity contribution >= 4 is 23.4 Å². The van der Waals surface area contributed by atoms with Crippen molar-refractivity contribution in [2.75, 3.05) is 11.9 Å². The minimum atomic E-state index is -0.458. The van der Waals surface area contributed by atoms with Gasteiger partial charge in [0.15, 0.2) is 0 Å². The lowest BCUT2D eigenvalue weighted by Crippen LogP contribution is -2.41. The largest absolute Gasteiger partial charge is 0.494 e. The summed E-state index contributed by atoms with van der Waals surface area (Å²) in [7, 11) is 0. The summed E-state index contributed by atoms with van der Waals surface area (Å²) in [6, 6.07) is 13.0. The molecular formula is C20H23N3O4. The van der Waals surface area contributed by atoms with Crippen molar-refractivity contribution in [3.8, 4) is 5.75 Å². The van der Waals surface area contributed by atoms with Crippen LogP contribution in [0.5, 0.6) is 5.75 Å². The summed E-state index contributed by atoms with van der Waals surface area (Å²) in [5.74, 6) is -0.294. The number of benzene rings is 2. The van der Waals surface area contributed by atoms with Gasteiger partial charge in [-0.2, -0.15) is 0 Å². The molecular weight excluding hydrogens is 346 g/mol. The monoisotopic (exact) mass is 369 g/mol. The number of carbonyl (C=O) groups is 3. The number of rotatable bonds is 7. The van der Waals surface area contributed by atoms with Crippen LogP contribution in [-0.2, 0) is 4.79 Å². The van der Waals surface area contributed by atoms with Crippen molar-refractivity contribution < 1.29 is 19.1 Å². The molecule has 0 aliphatic rings. The molecule has 0 aliphatic carbocycles. The topological polar surface area (TPSA) is 96.5 Å². The Kier molecular flexibility index (Phi) is 7.37. The highest BCUT2D eigenvalue weighted by molar-refractivity contribution is 5.99. The van der Waals surface area contributed by atoms with Crippen molar-refractivity contribution in [2.24, 2.45) is 0 Å². The van der Waals surface area contributed by atoms with Gasteiger partial charge in [-0.3, -0.25) is 25.2 Å². The Balaban J connectivity index is 1.87. The van der Waals surface area contributed by atoms with Gasteiger partial charge in [0.25, 0.3) is 11.8 Å². The Bertz CT molecular complexity index is 786. The van der Waals surface area contributed by atoms with Gasteiger partial charge in [0.2, 0.25) is 5.91 Å². The second-order valence-electron chi connectivity index (χ2n) is 5.74. The smallest absolute Gasteiger partial charge is 0.269 e. The molecule has 142 valence electrons. The molecule has 0 unspecified atom stereocenters. The van der Waals surface area contributed by atoms with E-state index in [-0.39, 0.29) is 5.91 Å². The Morgan fingerprint density at radius 3 is 1.81 bits per heavy atom. The van der Waals surface area contributed by atoms with Gasteiger partial charge in [0, 0.05) is 23.2 Å². The Morgan fingerprint density at radius 2 is 1.33 bits per heavy atom. The normalized spacial score (nSPS) is 10.0. The van der Waals surface area contributed by atoms with Gasteiger partial charge in [-0.25, -0.2) is 0 Å². The van der Waals surface area contributed by atoms with E-state index < -0.39 is 11.8 Å². The third-order valence-electron chi connectivity index (χ3n) is 3.62. The lowest BCUT2D eigenvalue weighted by molar-refractivity contribution is -0.116. The number of anilines is 1. The summed E-state index contributed by atoms with van der Waals surface area (Å²) in [5.41, 5.74) is 6.09. The van der Waals surface area contributed by atoms with Crippen molar-refractivity contribution in [3.05, 3.63) is 59.7 Å². The predicted octanol–water partition coefficient (Wildman–Crippen LogP) is 2.90. The number of hydrogen-bond acceptors (Lipinski definition) is 4. The average molecular weight is 369 g/mol. The molecule has 27 heavy (non-hydrogen) atoms. The van der Waals surface area contributed by atoms with E-state index in [1.165, 1.54) is 0 Å². The second-order valence-corrected chi connectivity index (χ2v) is 5.74. The van der Waals surface area contributed by atoms with E-state index in [0.717, 1.165) is 6.42 Å². The number of ether oxygens (including phenoxy) is 1. The van der Waals surface area contributed by atoms with Gasteiger partial charge in [0.05, 0.1) is 6.61 Å². The summed E-state index contributed by atoms with van der Waals surface area (Å²) in [6.45, 7) is 4.35. The summed E-state index contributed by atoms with van der Waals surface area (Å²) < 4.78 is 5.32. The van der Waals surface area contributed by atoms with Crippen LogP contribution >= 0.6 is 0 Å². The highest BCUT2D eigenvalue weighted by atomic mass is 16.5. The number of amides is 3. The minimum absolute atomic E-state index is 0.0719. The zero-order valence-corrected chi connectivity index (χ0v) is 15.4. The Labute approximate surface area is 158 Å². The van der Waals surface area contributed by atoms with Crippen molar-refractivity contribution in [2.45, 2.75) is 26.7 Å². The number of hydrazine groups is 1. The van der Waals surface area contributed by atoms with E-state index in [2.05, 4.69) is 16.2 Å². The van der Waals surface area contributed by atoms with Gasteiger partial charge >= 0.3 is 0 Å². The molecule has 3 amide bonds. The van der Waals surface area contributed by atoms with E-state index >= 15 is 0 Å². The summed E-state index contributed by atoms with van der Waals surface area (Å²) in [5, 5.41) is 2.74. The summed E-state index contributed by atoms with van der Waals surface area (Å²) in [4.78, 5) is 35.8. The van der Waals surface area contributed by atoms with E-state index in [1.54, 1.807) is 48.5 Å². The standard InChI is InChI=1S/C20H23N3O4/c1-3-5-18(24)21-16-10-6-14(7-11-16)19(25)22-23-20(26)15-8-12-17(13-9-15)27-4-2/h6-13H,3-5H2,1-2H3,(H,21,24)(H,22,25)(H,23,26). The maximum Gasteiger partial charge on any atom is 0.269 e. The molecule has 0 aromatic heterocycles. The highest BCUT2D eigenvalue weighted by Gasteiger charge is 2.10. The van der Waals surface area contributed by atoms with Crippen LogP contribution in [0.2, 0.25) is 0 Å². The fourth-order valence-electron chi connectivity index (χ4n) is 2.28. The molecule has 0 heterocycles. The zero-order valence-electron chi connectivity index (χ0n) is 15.4. The molecule has 0 fully saturated rings. The molecule has 0 aliphatic heterocycles. The molecule has 3 N–H and O–H groups in total. The molecule has 0 atom stereocenters. The predicted molar refractivity (Wildman–Crippen MR) is 103 cm³/mol. The van der Waals surface area contributed by atoms with Crippen molar-refractivity contribution in [1.82, 2.24) is 10.9 Å². The molecule has 0 radical (unpaired) electrons. The van der Waals surface area contributed by atoms with Crippen LogP contribution < -0.4 is 20.9 Å². The highest BCUT2D eigenvalue weighted by Crippen LogP contribution is 2.12. The lowest BCUT2D eigenvalue weighted by atomic mass is 10.2. The van der Waals surface area contributed by atoms with Gasteiger partial charge in [-0.05, 0) is 61.9 Å². The van der Waals surface area contributed by atoms with Crippen LogP contribution in [0.15, 0.2) is 48.5 Å². The molecule has 2 aromatic rings. The number of nitrogens with one attached hydrogen (secondary N) is 3. The van der Waals surface area contributed by atoms with E-state index in [0.29, 0.717) is 35.6 Å². The van der Waals surface area contributed by atoms with E-state index in [1.807, 2.05) is 13.8 Å². The van der Waals surface area contributed by atoms with Gasteiger partial charge in [-0.1, -0.05) is 6.92 Å². The number of hydrogen-bond donors (Lipinski definition) is 3. The minimum Gasteiger partial charge on any atom is -0.494 e. The molecule has 2 aromatic carbocycles. The summed E-state index contributed by atoms with van der Waals surface area (Å²) >= 11 is 0. The first kappa shape index (κ1) is 20.0. The maximum atomic E-state index is 12.1. The second kappa shape index (κ2) is 9.96. The van der Waals surface area contributed by atoms with Crippen LogP contribution in [-0.4, -0.2) is 24.3 Å². The van der Waals surface area contributed by atoms with E-state index in [4.69, 9.17) is 4.74 Å². The molecule has 0 saturated carbocycles. The lowest BCUT2D eigenvalue weighted by Gasteiger charge is -2.09. The third-order valence-corrected chi connectivity index (χ3v) is 3.62. The van der Waals surface area contributed by atoms with Gasteiger partial charge in [0.1, 0.15) is 5.75 Å².